The van der Waals surface area contributed by atoms with E-state index in [1.54, 1.807) is 0 Å². The SMILES string of the molecule is CCOC(CC)c1noc(CCCNC)n1. The fourth-order valence-electron chi connectivity index (χ4n) is 1.49. The summed E-state index contributed by atoms with van der Waals surface area (Å²) in [5.41, 5.74) is 0. The lowest BCUT2D eigenvalue weighted by atomic mass is 10.2. The van der Waals surface area contributed by atoms with Gasteiger partial charge in [-0.05, 0) is 33.4 Å². The van der Waals surface area contributed by atoms with Crippen LogP contribution >= 0.6 is 0 Å². The summed E-state index contributed by atoms with van der Waals surface area (Å²) >= 11 is 0. The van der Waals surface area contributed by atoms with Crippen molar-refractivity contribution in [2.24, 2.45) is 0 Å². The van der Waals surface area contributed by atoms with Crippen LogP contribution in [0.15, 0.2) is 4.52 Å². The Labute approximate surface area is 96.6 Å². The second kappa shape index (κ2) is 7.35. The number of nitrogens with zero attached hydrogens (tertiary/aromatic N) is 2. The molecule has 0 fully saturated rings. The maximum Gasteiger partial charge on any atom is 0.226 e. The quantitative estimate of drug-likeness (QED) is 0.685. The van der Waals surface area contributed by atoms with Gasteiger partial charge in [0.1, 0.15) is 6.10 Å². The Bertz CT molecular complexity index is 289. The Balaban J connectivity index is 2.48. The molecule has 1 heterocycles. The number of aromatic nitrogens is 2. The molecule has 1 aromatic rings. The molecule has 16 heavy (non-hydrogen) atoms. The molecule has 0 amide bonds. The van der Waals surface area contributed by atoms with Crippen LogP contribution in [0.25, 0.3) is 0 Å². The third-order valence-corrected chi connectivity index (χ3v) is 2.33. The first-order valence-corrected chi connectivity index (χ1v) is 5.90. The van der Waals surface area contributed by atoms with Gasteiger partial charge in [0.25, 0.3) is 0 Å². The van der Waals surface area contributed by atoms with E-state index < -0.39 is 0 Å². The maximum atomic E-state index is 5.52. The molecule has 0 bridgehead atoms. The fraction of sp³-hybridized carbons (Fsp3) is 0.818. The summed E-state index contributed by atoms with van der Waals surface area (Å²) in [4.78, 5) is 4.34. The molecule has 0 spiro atoms. The molecule has 92 valence electrons. The summed E-state index contributed by atoms with van der Waals surface area (Å²) in [7, 11) is 1.93. The van der Waals surface area contributed by atoms with Gasteiger partial charge in [-0.3, -0.25) is 0 Å². The number of aryl methyl sites for hydroxylation is 1. The average molecular weight is 227 g/mol. The summed E-state index contributed by atoms with van der Waals surface area (Å²) in [6.45, 7) is 5.65. The van der Waals surface area contributed by atoms with E-state index in [0.29, 0.717) is 18.3 Å². The van der Waals surface area contributed by atoms with E-state index in [0.717, 1.165) is 25.8 Å². The fourth-order valence-corrected chi connectivity index (χ4v) is 1.49. The van der Waals surface area contributed by atoms with Crippen LogP contribution in [0.2, 0.25) is 0 Å². The minimum atomic E-state index is -0.0354. The highest BCUT2D eigenvalue weighted by Crippen LogP contribution is 2.17. The standard InChI is InChI=1S/C11H21N3O2/c1-4-9(15-5-2)11-13-10(16-14-11)7-6-8-12-3/h9,12H,4-8H2,1-3H3. The topological polar surface area (TPSA) is 60.2 Å². The van der Waals surface area contributed by atoms with E-state index in [1.807, 2.05) is 14.0 Å². The third-order valence-electron chi connectivity index (χ3n) is 2.33. The van der Waals surface area contributed by atoms with E-state index >= 15 is 0 Å². The van der Waals surface area contributed by atoms with Gasteiger partial charge in [0, 0.05) is 13.0 Å². The van der Waals surface area contributed by atoms with Crippen molar-refractivity contribution in [2.75, 3.05) is 20.2 Å². The Morgan fingerprint density at radius 3 is 2.88 bits per heavy atom. The van der Waals surface area contributed by atoms with Crippen molar-refractivity contribution in [2.45, 2.75) is 39.2 Å². The van der Waals surface area contributed by atoms with Gasteiger partial charge in [0.2, 0.25) is 11.7 Å². The third kappa shape index (κ3) is 3.90. The zero-order valence-electron chi connectivity index (χ0n) is 10.3. The molecule has 0 aliphatic heterocycles. The zero-order chi connectivity index (χ0) is 11.8. The van der Waals surface area contributed by atoms with Gasteiger partial charge in [-0.2, -0.15) is 4.98 Å². The van der Waals surface area contributed by atoms with Crippen molar-refractivity contribution in [1.82, 2.24) is 15.5 Å². The smallest absolute Gasteiger partial charge is 0.226 e. The molecule has 1 unspecified atom stereocenters. The molecule has 1 N–H and O–H groups in total. The molecule has 1 aromatic heterocycles. The predicted octanol–water partition coefficient (Wildman–Crippen LogP) is 1.71. The van der Waals surface area contributed by atoms with Gasteiger partial charge in [-0.25, -0.2) is 0 Å². The lowest BCUT2D eigenvalue weighted by molar-refractivity contribution is 0.0518. The minimum absolute atomic E-state index is 0.0354. The second-order valence-corrected chi connectivity index (χ2v) is 3.61. The van der Waals surface area contributed by atoms with Crippen LogP contribution in [0.4, 0.5) is 0 Å². The molecule has 5 heteroatoms. The Hall–Kier alpha value is -0.940. The molecule has 1 rings (SSSR count). The van der Waals surface area contributed by atoms with Crippen molar-refractivity contribution in [3.63, 3.8) is 0 Å². The number of hydrogen-bond donors (Lipinski definition) is 1. The van der Waals surface area contributed by atoms with Crippen LogP contribution in [0.1, 0.15) is 44.5 Å². The van der Waals surface area contributed by atoms with Crippen molar-refractivity contribution < 1.29 is 9.26 Å². The summed E-state index contributed by atoms with van der Waals surface area (Å²) in [5.74, 6) is 1.37. The van der Waals surface area contributed by atoms with Crippen LogP contribution in [0.3, 0.4) is 0 Å². The Kier molecular flexibility index (Phi) is 6.03. The normalized spacial score (nSPS) is 12.9. The van der Waals surface area contributed by atoms with Crippen molar-refractivity contribution in [3.8, 4) is 0 Å². The zero-order valence-corrected chi connectivity index (χ0v) is 10.3. The van der Waals surface area contributed by atoms with Crippen LogP contribution in [0.5, 0.6) is 0 Å². The first-order chi connectivity index (χ1) is 7.81. The molecular weight excluding hydrogens is 206 g/mol. The molecule has 0 saturated carbocycles. The predicted molar refractivity (Wildman–Crippen MR) is 61.2 cm³/mol. The number of ether oxygens (including phenoxy) is 1. The van der Waals surface area contributed by atoms with Crippen LogP contribution in [0, 0.1) is 0 Å². The lowest BCUT2D eigenvalue weighted by Crippen LogP contribution is -2.08. The van der Waals surface area contributed by atoms with Crippen LogP contribution < -0.4 is 5.32 Å². The summed E-state index contributed by atoms with van der Waals surface area (Å²) in [6, 6.07) is 0. The monoisotopic (exact) mass is 227 g/mol. The first kappa shape index (κ1) is 13.1. The molecule has 1 atom stereocenters. The Morgan fingerprint density at radius 1 is 1.44 bits per heavy atom. The molecule has 5 nitrogen and oxygen atoms in total. The summed E-state index contributed by atoms with van der Waals surface area (Å²) < 4.78 is 10.7. The first-order valence-electron chi connectivity index (χ1n) is 5.90. The highest BCUT2D eigenvalue weighted by atomic mass is 16.5. The van der Waals surface area contributed by atoms with Gasteiger partial charge in [-0.15, -0.1) is 0 Å². The Morgan fingerprint density at radius 2 is 2.25 bits per heavy atom. The largest absolute Gasteiger partial charge is 0.370 e. The van der Waals surface area contributed by atoms with Crippen molar-refractivity contribution in [3.05, 3.63) is 11.7 Å². The highest BCUT2D eigenvalue weighted by Gasteiger charge is 2.16. The second-order valence-electron chi connectivity index (χ2n) is 3.61. The number of nitrogens with one attached hydrogen (secondary N) is 1. The van der Waals surface area contributed by atoms with Crippen LogP contribution in [-0.4, -0.2) is 30.3 Å². The van der Waals surface area contributed by atoms with E-state index in [2.05, 4.69) is 22.4 Å². The van der Waals surface area contributed by atoms with Gasteiger partial charge >= 0.3 is 0 Å². The van der Waals surface area contributed by atoms with Gasteiger partial charge in [0.05, 0.1) is 0 Å². The molecular formula is C11H21N3O2. The van der Waals surface area contributed by atoms with E-state index in [1.165, 1.54) is 0 Å². The molecule has 0 aliphatic carbocycles. The van der Waals surface area contributed by atoms with Crippen LogP contribution in [-0.2, 0) is 11.2 Å². The van der Waals surface area contributed by atoms with Crippen molar-refractivity contribution >= 4 is 0 Å². The molecule has 0 aliphatic rings. The number of rotatable bonds is 8. The van der Waals surface area contributed by atoms with Gasteiger partial charge in [0.15, 0.2) is 0 Å². The minimum Gasteiger partial charge on any atom is -0.370 e. The maximum absolute atomic E-state index is 5.52. The highest BCUT2D eigenvalue weighted by molar-refractivity contribution is 4.91. The summed E-state index contributed by atoms with van der Waals surface area (Å²) in [6.07, 6.45) is 2.65. The van der Waals surface area contributed by atoms with Crippen molar-refractivity contribution in [1.29, 1.82) is 0 Å². The molecule has 0 saturated heterocycles. The van der Waals surface area contributed by atoms with E-state index in [-0.39, 0.29) is 6.10 Å². The summed E-state index contributed by atoms with van der Waals surface area (Å²) in [5, 5.41) is 7.04. The van der Waals surface area contributed by atoms with E-state index in [9.17, 15) is 0 Å². The van der Waals surface area contributed by atoms with Gasteiger partial charge in [-0.1, -0.05) is 12.1 Å². The lowest BCUT2D eigenvalue weighted by Gasteiger charge is -2.09. The molecule has 0 radical (unpaired) electrons. The van der Waals surface area contributed by atoms with E-state index in [4.69, 9.17) is 9.26 Å². The number of hydrogen-bond acceptors (Lipinski definition) is 5. The molecule has 0 aromatic carbocycles. The van der Waals surface area contributed by atoms with Gasteiger partial charge < -0.3 is 14.6 Å². The average Bonchev–Trinajstić information content (AvgIpc) is 2.75.